The normalized spacial score (nSPS) is 25.3. The van der Waals surface area contributed by atoms with Gasteiger partial charge in [0.1, 0.15) is 0 Å². The number of ether oxygens (including phenoxy) is 1. The molecule has 1 aliphatic heterocycles. The zero-order valence-electron chi connectivity index (χ0n) is 5.97. The fourth-order valence-corrected chi connectivity index (χ4v) is 1.13. The summed E-state index contributed by atoms with van der Waals surface area (Å²) in [7, 11) is 0. The van der Waals surface area contributed by atoms with Crippen molar-refractivity contribution in [3.8, 4) is 6.19 Å². The summed E-state index contributed by atoms with van der Waals surface area (Å²) >= 11 is 0. The quantitative estimate of drug-likeness (QED) is 0.452. The average molecular weight is 140 g/mol. The molecule has 0 aromatic carbocycles. The van der Waals surface area contributed by atoms with E-state index in [1.807, 2.05) is 6.19 Å². The Kier molecular flexibility index (Phi) is 3.04. The minimum absolute atomic E-state index is 0.272. The molecule has 0 aromatic rings. The van der Waals surface area contributed by atoms with Crippen molar-refractivity contribution in [3.05, 3.63) is 0 Å². The summed E-state index contributed by atoms with van der Waals surface area (Å²) < 4.78 is 5.37. The summed E-state index contributed by atoms with van der Waals surface area (Å²) in [4.78, 5) is 0. The van der Waals surface area contributed by atoms with Crippen LogP contribution in [0.5, 0.6) is 0 Å². The van der Waals surface area contributed by atoms with Crippen LogP contribution in [0, 0.1) is 11.5 Å². The van der Waals surface area contributed by atoms with Gasteiger partial charge in [0.25, 0.3) is 0 Å². The van der Waals surface area contributed by atoms with Crippen molar-refractivity contribution < 1.29 is 4.74 Å². The first-order valence-electron chi connectivity index (χ1n) is 3.67. The van der Waals surface area contributed by atoms with Crippen LogP contribution in [0.25, 0.3) is 0 Å². The molecule has 1 fully saturated rings. The number of hydrogen-bond acceptors (Lipinski definition) is 3. The van der Waals surface area contributed by atoms with E-state index in [4.69, 9.17) is 10.00 Å². The van der Waals surface area contributed by atoms with Gasteiger partial charge < -0.3 is 10.1 Å². The Morgan fingerprint density at radius 2 is 2.50 bits per heavy atom. The van der Waals surface area contributed by atoms with Crippen molar-refractivity contribution in [2.24, 2.45) is 0 Å². The van der Waals surface area contributed by atoms with Crippen LogP contribution in [0.1, 0.15) is 19.3 Å². The monoisotopic (exact) mass is 140 g/mol. The van der Waals surface area contributed by atoms with E-state index in [-0.39, 0.29) is 6.10 Å². The van der Waals surface area contributed by atoms with Gasteiger partial charge in [-0.15, -0.1) is 0 Å². The Bertz CT molecular complexity index is 124. The summed E-state index contributed by atoms with van der Waals surface area (Å²) in [6.45, 7) is 1.54. The first-order valence-corrected chi connectivity index (χ1v) is 3.67. The third-order valence-corrected chi connectivity index (χ3v) is 1.68. The highest BCUT2D eigenvalue weighted by atomic mass is 16.5. The Hall–Kier alpha value is -0.750. The molecule has 0 bridgehead atoms. The van der Waals surface area contributed by atoms with Gasteiger partial charge >= 0.3 is 0 Å². The smallest absolute Gasteiger partial charge is 0.176 e. The second-order valence-electron chi connectivity index (χ2n) is 2.48. The molecule has 3 nitrogen and oxygen atoms in total. The van der Waals surface area contributed by atoms with Crippen LogP contribution in [0.4, 0.5) is 0 Å². The molecule has 0 aliphatic carbocycles. The van der Waals surface area contributed by atoms with Crippen LogP contribution in [0.3, 0.4) is 0 Å². The number of nitrogens with one attached hydrogen (secondary N) is 1. The largest absolute Gasteiger partial charge is 0.376 e. The van der Waals surface area contributed by atoms with E-state index < -0.39 is 0 Å². The minimum atomic E-state index is 0.272. The SMILES string of the molecule is N#CNCC1CCCCO1. The molecule has 0 saturated carbocycles. The van der Waals surface area contributed by atoms with Crippen LogP contribution in [0.15, 0.2) is 0 Å². The van der Waals surface area contributed by atoms with Crippen molar-refractivity contribution in [3.63, 3.8) is 0 Å². The van der Waals surface area contributed by atoms with Gasteiger partial charge in [-0.05, 0) is 19.3 Å². The van der Waals surface area contributed by atoms with Gasteiger partial charge in [0, 0.05) is 6.61 Å². The van der Waals surface area contributed by atoms with E-state index in [9.17, 15) is 0 Å². The maximum atomic E-state index is 8.18. The highest BCUT2D eigenvalue weighted by molar-refractivity contribution is 4.72. The fraction of sp³-hybridized carbons (Fsp3) is 0.857. The number of rotatable bonds is 2. The lowest BCUT2D eigenvalue weighted by atomic mass is 10.1. The van der Waals surface area contributed by atoms with Crippen molar-refractivity contribution in [1.29, 1.82) is 5.26 Å². The molecule has 1 heterocycles. The fourth-order valence-electron chi connectivity index (χ4n) is 1.13. The maximum Gasteiger partial charge on any atom is 0.176 e. The molecule has 56 valence electrons. The zero-order chi connectivity index (χ0) is 7.23. The minimum Gasteiger partial charge on any atom is -0.376 e. The molecule has 3 heteroatoms. The average Bonchev–Trinajstić information content (AvgIpc) is 2.03. The second kappa shape index (κ2) is 4.13. The van der Waals surface area contributed by atoms with Gasteiger partial charge in [0.2, 0.25) is 0 Å². The highest BCUT2D eigenvalue weighted by Crippen LogP contribution is 2.11. The van der Waals surface area contributed by atoms with Crippen LogP contribution in [-0.4, -0.2) is 19.3 Å². The molecule has 1 N–H and O–H groups in total. The molecule has 0 radical (unpaired) electrons. The summed E-state index contributed by atoms with van der Waals surface area (Å²) in [5.74, 6) is 0. The first kappa shape index (κ1) is 7.36. The van der Waals surface area contributed by atoms with Gasteiger partial charge in [-0.25, -0.2) is 0 Å². The number of nitrogens with zero attached hydrogens (tertiary/aromatic N) is 1. The topological polar surface area (TPSA) is 45.0 Å². The molecule has 1 aliphatic rings. The van der Waals surface area contributed by atoms with E-state index in [2.05, 4.69) is 5.32 Å². The van der Waals surface area contributed by atoms with Crippen molar-refractivity contribution in [2.45, 2.75) is 25.4 Å². The maximum absolute atomic E-state index is 8.18. The van der Waals surface area contributed by atoms with Gasteiger partial charge in [-0.1, -0.05) is 0 Å². The predicted octanol–water partition coefficient (Wildman–Crippen LogP) is 0.626. The molecule has 10 heavy (non-hydrogen) atoms. The second-order valence-corrected chi connectivity index (χ2v) is 2.48. The third-order valence-electron chi connectivity index (χ3n) is 1.68. The zero-order valence-corrected chi connectivity index (χ0v) is 5.97. The first-order chi connectivity index (χ1) is 4.93. The molecule has 0 aromatic heterocycles. The van der Waals surface area contributed by atoms with Crippen LogP contribution in [0.2, 0.25) is 0 Å². The molecular weight excluding hydrogens is 128 g/mol. The number of nitriles is 1. The van der Waals surface area contributed by atoms with Gasteiger partial charge in [0.15, 0.2) is 6.19 Å². The standard InChI is InChI=1S/C7H12N2O/c8-6-9-5-7-3-1-2-4-10-7/h7,9H,1-5H2. The van der Waals surface area contributed by atoms with E-state index >= 15 is 0 Å². The lowest BCUT2D eigenvalue weighted by Crippen LogP contribution is -2.29. The number of hydrogen-bond donors (Lipinski definition) is 1. The summed E-state index contributed by atoms with van der Waals surface area (Å²) in [5.41, 5.74) is 0. The van der Waals surface area contributed by atoms with Crippen molar-refractivity contribution >= 4 is 0 Å². The van der Waals surface area contributed by atoms with E-state index in [0.29, 0.717) is 6.54 Å². The van der Waals surface area contributed by atoms with Crippen LogP contribution in [-0.2, 0) is 4.74 Å². The lowest BCUT2D eigenvalue weighted by Gasteiger charge is -2.21. The van der Waals surface area contributed by atoms with E-state index in [0.717, 1.165) is 13.0 Å². The Balaban J connectivity index is 2.09. The molecule has 0 spiro atoms. The van der Waals surface area contributed by atoms with Gasteiger partial charge in [-0.2, -0.15) is 5.26 Å². The molecule has 1 atom stereocenters. The lowest BCUT2D eigenvalue weighted by molar-refractivity contribution is 0.0191. The van der Waals surface area contributed by atoms with E-state index in [1.54, 1.807) is 0 Å². The molecule has 1 rings (SSSR count). The van der Waals surface area contributed by atoms with E-state index in [1.165, 1.54) is 12.8 Å². The van der Waals surface area contributed by atoms with Crippen LogP contribution < -0.4 is 5.32 Å². The van der Waals surface area contributed by atoms with Crippen LogP contribution >= 0.6 is 0 Å². The van der Waals surface area contributed by atoms with Crippen molar-refractivity contribution in [1.82, 2.24) is 5.32 Å². The van der Waals surface area contributed by atoms with Gasteiger partial charge in [-0.3, -0.25) is 0 Å². The summed E-state index contributed by atoms with van der Waals surface area (Å²) in [6.07, 6.45) is 5.65. The molecule has 1 unspecified atom stereocenters. The summed E-state index contributed by atoms with van der Waals surface area (Å²) in [5, 5.41) is 10.8. The summed E-state index contributed by atoms with van der Waals surface area (Å²) in [6, 6.07) is 0. The Morgan fingerprint density at radius 1 is 1.60 bits per heavy atom. The molecular formula is C7H12N2O. The third kappa shape index (κ3) is 2.24. The molecule has 1 saturated heterocycles. The van der Waals surface area contributed by atoms with Crippen molar-refractivity contribution in [2.75, 3.05) is 13.2 Å². The highest BCUT2D eigenvalue weighted by Gasteiger charge is 2.12. The van der Waals surface area contributed by atoms with Gasteiger partial charge in [0.05, 0.1) is 12.6 Å². The Labute approximate surface area is 61.0 Å². The Morgan fingerprint density at radius 3 is 3.10 bits per heavy atom. The molecule has 0 amide bonds. The predicted molar refractivity (Wildman–Crippen MR) is 37.2 cm³/mol.